The Balaban J connectivity index is 2.55. The van der Waals surface area contributed by atoms with Crippen LogP contribution in [-0.4, -0.2) is 5.11 Å². The summed E-state index contributed by atoms with van der Waals surface area (Å²) < 4.78 is 32.4. The molecule has 2 rings (SSSR count). The first-order chi connectivity index (χ1) is 8.02. The lowest BCUT2D eigenvalue weighted by atomic mass is 9.99. The van der Waals surface area contributed by atoms with Crippen LogP contribution < -0.4 is 0 Å². The molecule has 0 spiro atoms. The highest BCUT2D eigenvalue weighted by atomic mass is 19.1. The van der Waals surface area contributed by atoms with Gasteiger partial charge in [-0.25, -0.2) is 8.78 Å². The van der Waals surface area contributed by atoms with Crippen LogP contribution >= 0.6 is 0 Å². The van der Waals surface area contributed by atoms with Gasteiger partial charge in [-0.05, 0) is 31.5 Å². The minimum absolute atomic E-state index is 0.293. The molecule has 1 aromatic heterocycles. The van der Waals surface area contributed by atoms with Gasteiger partial charge in [0.15, 0.2) is 0 Å². The molecule has 1 atom stereocenters. The maximum Gasteiger partial charge on any atom is 0.135 e. The van der Waals surface area contributed by atoms with Crippen molar-refractivity contribution in [3.8, 4) is 0 Å². The van der Waals surface area contributed by atoms with Crippen molar-refractivity contribution in [2.45, 2.75) is 20.0 Å². The summed E-state index contributed by atoms with van der Waals surface area (Å²) in [6.45, 7) is 3.15. The lowest BCUT2D eigenvalue weighted by Crippen LogP contribution is -2.07. The normalized spacial score (nSPS) is 12.8. The van der Waals surface area contributed by atoms with Crippen LogP contribution in [-0.2, 0) is 0 Å². The van der Waals surface area contributed by atoms with Crippen LogP contribution in [0.2, 0.25) is 0 Å². The highest BCUT2D eigenvalue weighted by molar-refractivity contribution is 5.35. The highest BCUT2D eigenvalue weighted by Gasteiger charge is 2.23. The Bertz CT molecular complexity index is 546. The summed E-state index contributed by atoms with van der Waals surface area (Å²) >= 11 is 0. The topological polar surface area (TPSA) is 33.4 Å². The number of aryl methyl sites for hydroxylation is 2. The van der Waals surface area contributed by atoms with Crippen LogP contribution in [0.5, 0.6) is 0 Å². The van der Waals surface area contributed by atoms with E-state index in [-0.39, 0.29) is 5.56 Å². The van der Waals surface area contributed by atoms with E-state index in [2.05, 4.69) is 0 Å². The number of hydrogen-bond acceptors (Lipinski definition) is 2. The molecule has 2 nitrogen and oxygen atoms in total. The molecule has 1 N–H and O–H groups in total. The standard InChI is InChI=1S/C13H12F2O2/c1-7-3-4-10(14)11(12(7)15)13(16)9-5-6-17-8(9)2/h3-6,13,16H,1-2H3. The first-order valence-corrected chi connectivity index (χ1v) is 5.19. The van der Waals surface area contributed by atoms with E-state index in [0.29, 0.717) is 16.9 Å². The zero-order valence-electron chi connectivity index (χ0n) is 9.50. The molecule has 2 aromatic rings. The van der Waals surface area contributed by atoms with Crippen molar-refractivity contribution in [3.05, 3.63) is 58.5 Å². The maximum absolute atomic E-state index is 13.8. The van der Waals surface area contributed by atoms with Gasteiger partial charge < -0.3 is 9.52 Å². The predicted octanol–water partition coefficient (Wildman–Crippen LogP) is 3.26. The van der Waals surface area contributed by atoms with Crippen LogP contribution in [0.3, 0.4) is 0 Å². The molecule has 0 amide bonds. The third-order valence-electron chi connectivity index (χ3n) is 2.79. The lowest BCUT2D eigenvalue weighted by Gasteiger charge is -2.13. The molecule has 4 heteroatoms. The van der Waals surface area contributed by atoms with Crippen LogP contribution in [0.1, 0.15) is 28.6 Å². The fourth-order valence-electron chi connectivity index (χ4n) is 1.76. The Labute approximate surface area is 97.5 Å². The third-order valence-corrected chi connectivity index (χ3v) is 2.79. The Morgan fingerprint density at radius 3 is 2.47 bits per heavy atom. The van der Waals surface area contributed by atoms with Crippen molar-refractivity contribution in [3.63, 3.8) is 0 Å². The zero-order valence-corrected chi connectivity index (χ0v) is 9.50. The number of hydrogen-bond donors (Lipinski definition) is 1. The van der Waals surface area contributed by atoms with Gasteiger partial charge in [0.25, 0.3) is 0 Å². The molecule has 17 heavy (non-hydrogen) atoms. The van der Waals surface area contributed by atoms with Crippen molar-refractivity contribution in [2.24, 2.45) is 0 Å². The molecule has 0 saturated carbocycles. The fraction of sp³-hybridized carbons (Fsp3) is 0.231. The molecule has 1 unspecified atom stereocenters. The Kier molecular flexibility index (Phi) is 2.98. The van der Waals surface area contributed by atoms with Crippen molar-refractivity contribution >= 4 is 0 Å². The van der Waals surface area contributed by atoms with Crippen LogP contribution in [0.25, 0.3) is 0 Å². The zero-order chi connectivity index (χ0) is 12.6. The van der Waals surface area contributed by atoms with E-state index in [1.807, 2.05) is 0 Å². The molecule has 1 heterocycles. The first kappa shape index (κ1) is 11.8. The Hall–Kier alpha value is -1.68. The molecule has 0 radical (unpaired) electrons. The van der Waals surface area contributed by atoms with Gasteiger partial charge in [-0.3, -0.25) is 0 Å². The summed E-state index contributed by atoms with van der Waals surface area (Å²) in [7, 11) is 0. The molecular weight excluding hydrogens is 226 g/mol. The number of aliphatic hydroxyl groups excluding tert-OH is 1. The minimum Gasteiger partial charge on any atom is -0.469 e. The van der Waals surface area contributed by atoms with Crippen molar-refractivity contribution in [1.82, 2.24) is 0 Å². The molecular formula is C13H12F2O2. The van der Waals surface area contributed by atoms with Gasteiger partial charge in [0, 0.05) is 5.56 Å². The van der Waals surface area contributed by atoms with Crippen molar-refractivity contribution in [2.75, 3.05) is 0 Å². The fourth-order valence-corrected chi connectivity index (χ4v) is 1.76. The van der Waals surface area contributed by atoms with E-state index >= 15 is 0 Å². The number of benzene rings is 1. The second kappa shape index (κ2) is 4.30. The van der Waals surface area contributed by atoms with E-state index in [4.69, 9.17) is 4.42 Å². The SMILES string of the molecule is Cc1ccc(F)c(C(O)c2ccoc2C)c1F. The summed E-state index contributed by atoms with van der Waals surface area (Å²) in [4.78, 5) is 0. The number of furan rings is 1. The number of rotatable bonds is 2. The molecule has 0 aliphatic heterocycles. The maximum atomic E-state index is 13.8. The van der Waals surface area contributed by atoms with E-state index in [0.717, 1.165) is 6.07 Å². The van der Waals surface area contributed by atoms with Crippen molar-refractivity contribution < 1.29 is 18.3 Å². The number of aliphatic hydroxyl groups is 1. The van der Waals surface area contributed by atoms with Crippen LogP contribution in [0, 0.1) is 25.5 Å². The molecule has 90 valence electrons. The van der Waals surface area contributed by atoms with Gasteiger partial charge in [-0.2, -0.15) is 0 Å². The summed E-state index contributed by atoms with van der Waals surface area (Å²) in [5, 5.41) is 10.0. The Morgan fingerprint density at radius 1 is 1.18 bits per heavy atom. The van der Waals surface area contributed by atoms with Gasteiger partial charge in [0.1, 0.15) is 23.5 Å². The van der Waals surface area contributed by atoms with Gasteiger partial charge in [0.05, 0.1) is 11.8 Å². The van der Waals surface area contributed by atoms with Crippen molar-refractivity contribution in [1.29, 1.82) is 0 Å². The predicted molar refractivity (Wildman–Crippen MR) is 58.6 cm³/mol. The highest BCUT2D eigenvalue weighted by Crippen LogP contribution is 2.30. The second-order valence-electron chi connectivity index (χ2n) is 3.93. The summed E-state index contributed by atoms with van der Waals surface area (Å²) in [6, 6.07) is 3.98. The Morgan fingerprint density at radius 2 is 1.88 bits per heavy atom. The van der Waals surface area contributed by atoms with E-state index in [1.165, 1.54) is 25.3 Å². The average molecular weight is 238 g/mol. The smallest absolute Gasteiger partial charge is 0.135 e. The lowest BCUT2D eigenvalue weighted by molar-refractivity contribution is 0.206. The quantitative estimate of drug-likeness (QED) is 0.871. The summed E-state index contributed by atoms with van der Waals surface area (Å²) in [6.07, 6.45) is 0.0214. The molecule has 0 bridgehead atoms. The molecule has 0 aliphatic carbocycles. The molecule has 1 aromatic carbocycles. The second-order valence-corrected chi connectivity index (χ2v) is 3.93. The van der Waals surface area contributed by atoms with Gasteiger partial charge in [-0.1, -0.05) is 6.07 Å². The molecule has 0 fully saturated rings. The van der Waals surface area contributed by atoms with Crippen LogP contribution in [0.4, 0.5) is 8.78 Å². The monoisotopic (exact) mass is 238 g/mol. The van der Waals surface area contributed by atoms with E-state index in [1.54, 1.807) is 6.92 Å². The first-order valence-electron chi connectivity index (χ1n) is 5.19. The minimum atomic E-state index is -1.35. The largest absolute Gasteiger partial charge is 0.469 e. The molecule has 0 saturated heterocycles. The van der Waals surface area contributed by atoms with E-state index in [9.17, 15) is 13.9 Å². The van der Waals surface area contributed by atoms with E-state index < -0.39 is 17.7 Å². The van der Waals surface area contributed by atoms with Gasteiger partial charge in [0.2, 0.25) is 0 Å². The van der Waals surface area contributed by atoms with Crippen LogP contribution in [0.15, 0.2) is 28.9 Å². The molecule has 0 aliphatic rings. The average Bonchev–Trinajstić information content (AvgIpc) is 2.70. The number of halogens is 2. The summed E-state index contributed by atoms with van der Waals surface area (Å²) in [5.41, 5.74) is 0.324. The summed E-state index contributed by atoms with van der Waals surface area (Å²) in [5.74, 6) is -1.04. The third kappa shape index (κ3) is 1.96. The van der Waals surface area contributed by atoms with Gasteiger partial charge in [-0.15, -0.1) is 0 Å². The van der Waals surface area contributed by atoms with Gasteiger partial charge >= 0.3 is 0 Å².